The molecular weight excluding hydrogens is 421 g/mol. The summed E-state index contributed by atoms with van der Waals surface area (Å²) in [4.78, 5) is 11.4. The van der Waals surface area contributed by atoms with Crippen LogP contribution in [0.15, 0.2) is 40.9 Å². The summed E-state index contributed by atoms with van der Waals surface area (Å²) >= 11 is 5.69. The van der Waals surface area contributed by atoms with Gasteiger partial charge in [0.1, 0.15) is 0 Å². The van der Waals surface area contributed by atoms with Crippen LogP contribution in [0.25, 0.3) is 0 Å². The molecule has 0 bridgehead atoms. The molecule has 2 aromatic carbocycles. The SMILES string of the molecule is NC(=O)c1cccc(N)c1Nc1ccc(I)cc1Br. The Morgan fingerprint density at radius 2 is 2.00 bits per heavy atom. The number of carbonyl (C=O) groups is 1. The van der Waals surface area contributed by atoms with Gasteiger partial charge >= 0.3 is 0 Å². The molecule has 0 fully saturated rings. The van der Waals surface area contributed by atoms with Crippen molar-refractivity contribution in [2.75, 3.05) is 11.1 Å². The lowest BCUT2D eigenvalue weighted by molar-refractivity contribution is 0.100. The second-order valence-corrected chi connectivity index (χ2v) is 5.98. The number of para-hydroxylation sites is 1. The quantitative estimate of drug-likeness (QED) is 0.514. The molecule has 2 aromatic rings. The minimum atomic E-state index is -0.517. The zero-order chi connectivity index (χ0) is 14.0. The molecule has 0 radical (unpaired) electrons. The van der Waals surface area contributed by atoms with Crippen LogP contribution in [-0.4, -0.2) is 5.91 Å². The van der Waals surface area contributed by atoms with E-state index in [0.717, 1.165) is 13.7 Å². The number of hydrogen-bond donors (Lipinski definition) is 3. The van der Waals surface area contributed by atoms with E-state index in [9.17, 15) is 4.79 Å². The first-order chi connectivity index (χ1) is 8.99. The molecule has 1 amide bonds. The summed E-state index contributed by atoms with van der Waals surface area (Å²) in [5, 5.41) is 3.14. The van der Waals surface area contributed by atoms with Crippen LogP contribution in [0.5, 0.6) is 0 Å². The molecule has 4 nitrogen and oxygen atoms in total. The van der Waals surface area contributed by atoms with Gasteiger partial charge in [-0.15, -0.1) is 0 Å². The minimum absolute atomic E-state index is 0.366. The Hall–Kier alpha value is -1.28. The first kappa shape index (κ1) is 14.1. The smallest absolute Gasteiger partial charge is 0.250 e. The molecule has 0 saturated carbocycles. The van der Waals surface area contributed by atoms with Crippen molar-refractivity contribution in [3.8, 4) is 0 Å². The normalized spacial score (nSPS) is 10.2. The van der Waals surface area contributed by atoms with Gasteiger partial charge in [0.2, 0.25) is 0 Å². The second-order valence-electron chi connectivity index (χ2n) is 3.88. The van der Waals surface area contributed by atoms with E-state index in [1.165, 1.54) is 0 Å². The molecule has 0 aliphatic carbocycles. The summed E-state index contributed by atoms with van der Waals surface area (Å²) in [5.41, 5.74) is 13.4. The number of halogens is 2. The van der Waals surface area contributed by atoms with Gasteiger partial charge in [-0.2, -0.15) is 0 Å². The summed E-state index contributed by atoms with van der Waals surface area (Å²) in [5.74, 6) is -0.517. The lowest BCUT2D eigenvalue weighted by Crippen LogP contribution is -2.14. The highest BCUT2D eigenvalue weighted by molar-refractivity contribution is 14.1. The van der Waals surface area contributed by atoms with Crippen molar-refractivity contribution in [1.29, 1.82) is 0 Å². The number of benzene rings is 2. The van der Waals surface area contributed by atoms with Crippen LogP contribution in [0.2, 0.25) is 0 Å². The van der Waals surface area contributed by atoms with Crippen molar-refractivity contribution in [1.82, 2.24) is 0 Å². The molecule has 0 aliphatic heterocycles. The number of carbonyl (C=O) groups excluding carboxylic acids is 1. The monoisotopic (exact) mass is 431 g/mol. The summed E-state index contributed by atoms with van der Waals surface area (Å²) in [6.45, 7) is 0. The van der Waals surface area contributed by atoms with Crippen molar-refractivity contribution in [2.24, 2.45) is 5.73 Å². The fourth-order valence-electron chi connectivity index (χ4n) is 1.64. The van der Waals surface area contributed by atoms with Gasteiger partial charge in [-0.25, -0.2) is 0 Å². The summed E-state index contributed by atoms with van der Waals surface area (Å²) in [6.07, 6.45) is 0. The molecular formula is C13H11BrIN3O. The van der Waals surface area contributed by atoms with Gasteiger partial charge in [0.05, 0.1) is 22.6 Å². The maximum atomic E-state index is 11.4. The van der Waals surface area contributed by atoms with Crippen molar-refractivity contribution < 1.29 is 4.79 Å². The number of anilines is 3. The Kier molecular flexibility index (Phi) is 4.31. The van der Waals surface area contributed by atoms with Crippen LogP contribution in [0.3, 0.4) is 0 Å². The Labute approximate surface area is 132 Å². The van der Waals surface area contributed by atoms with Crippen molar-refractivity contribution in [2.45, 2.75) is 0 Å². The van der Waals surface area contributed by atoms with Crippen LogP contribution in [0.4, 0.5) is 17.1 Å². The summed E-state index contributed by atoms with van der Waals surface area (Å²) in [7, 11) is 0. The van der Waals surface area contributed by atoms with Crippen molar-refractivity contribution in [3.05, 3.63) is 50.0 Å². The standard InChI is InChI=1S/C13H11BrIN3O/c14-9-6-7(15)4-5-11(9)18-12-8(13(17)19)2-1-3-10(12)16/h1-6,18H,16H2,(H2,17,19). The molecule has 6 heteroatoms. The highest BCUT2D eigenvalue weighted by Crippen LogP contribution is 2.32. The second kappa shape index (κ2) is 5.79. The number of primary amides is 1. The Bertz CT molecular complexity index is 646. The molecule has 0 aromatic heterocycles. The number of amides is 1. The number of rotatable bonds is 3. The number of nitrogen functional groups attached to an aromatic ring is 1. The average molecular weight is 432 g/mol. The van der Waals surface area contributed by atoms with Gasteiger partial charge in [-0.1, -0.05) is 6.07 Å². The number of hydrogen-bond acceptors (Lipinski definition) is 3. The third-order valence-electron chi connectivity index (χ3n) is 2.55. The van der Waals surface area contributed by atoms with Crippen molar-refractivity contribution >= 4 is 61.5 Å². The highest BCUT2D eigenvalue weighted by atomic mass is 127. The lowest BCUT2D eigenvalue weighted by Gasteiger charge is -2.14. The van der Waals surface area contributed by atoms with E-state index in [1.807, 2.05) is 18.2 Å². The fraction of sp³-hybridized carbons (Fsp3) is 0. The van der Waals surface area contributed by atoms with Crippen molar-refractivity contribution in [3.63, 3.8) is 0 Å². The predicted octanol–water partition coefficient (Wildman–Crippen LogP) is 3.48. The summed E-state index contributed by atoms with van der Waals surface area (Å²) < 4.78 is 1.99. The summed E-state index contributed by atoms with van der Waals surface area (Å²) in [6, 6.07) is 10.9. The molecule has 0 aliphatic rings. The molecule has 98 valence electrons. The van der Waals surface area contributed by atoms with E-state index >= 15 is 0 Å². The van der Waals surface area contributed by atoms with E-state index < -0.39 is 5.91 Å². The molecule has 19 heavy (non-hydrogen) atoms. The lowest BCUT2D eigenvalue weighted by atomic mass is 10.1. The first-order valence-corrected chi connectivity index (χ1v) is 7.26. The fourth-order valence-corrected chi connectivity index (χ4v) is 3.04. The highest BCUT2D eigenvalue weighted by Gasteiger charge is 2.12. The van der Waals surface area contributed by atoms with Gasteiger partial charge in [0.25, 0.3) is 5.91 Å². The van der Waals surface area contributed by atoms with E-state index in [0.29, 0.717) is 16.9 Å². The number of nitrogens with one attached hydrogen (secondary N) is 1. The van der Waals surface area contributed by atoms with E-state index in [1.54, 1.807) is 18.2 Å². The van der Waals surface area contributed by atoms with E-state index in [4.69, 9.17) is 11.5 Å². The third kappa shape index (κ3) is 3.19. The first-order valence-electron chi connectivity index (χ1n) is 5.39. The maximum Gasteiger partial charge on any atom is 0.250 e. The van der Waals surface area contributed by atoms with Crippen LogP contribution >= 0.6 is 38.5 Å². The maximum absolute atomic E-state index is 11.4. The van der Waals surface area contributed by atoms with Crippen LogP contribution in [-0.2, 0) is 0 Å². The molecule has 2 rings (SSSR count). The van der Waals surface area contributed by atoms with E-state index in [-0.39, 0.29) is 0 Å². The Morgan fingerprint density at radius 1 is 1.26 bits per heavy atom. The zero-order valence-corrected chi connectivity index (χ0v) is 13.5. The zero-order valence-electron chi connectivity index (χ0n) is 9.78. The minimum Gasteiger partial charge on any atom is -0.397 e. The molecule has 0 saturated heterocycles. The molecule has 0 atom stereocenters. The molecule has 0 heterocycles. The molecule has 0 spiro atoms. The van der Waals surface area contributed by atoms with Gasteiger partial charge in [0, 0.05) is 8.04 Å². The molecule has 0 unspecified atom stereocenters. The van der Waals surface area contributed by atoms with Gasteiger partial charge in [-0.3, -0.25) is 4.79 Å². The van der Waals surface area contributed by atoms with Gasteiger partial charge in [-0.05, 0) is 68.9 Å². The van der Waals surface area contributed by atoms with E-state index in [2.05, 4.69) is 43.8 Å². The Morgan fingerprint density at radius 3 is 2.63 bits per heavy atom. The van der Waals surface area contributed by atoms with Crippen LogP contribution in [0.1, 0.15) is 10.4 Å². The predicted molar refractivity (Wildman–Crippen MR) is 89.5 cm³/mol. The Balaban J connectivity index is 2.46. The largest absolute Gasteiger partial charge is 0.397 e. The molecule has 5 N–H and O–H groups in total. The topological polar surface area (TPSA) is 81.1 Å². The van der Waals surface area contributed by atoms with Gasteiger partial charge < -0.3 is 16.8 Å². The number of nitrogens with two attached hydrogens (primary N) is 2. The van der Waals surface area contributed by atoms with Crippen LogP contribution < -0.4 is 16.8 Å². The van der Waals surface area contributed by atoms with Gasteiger partial charge in [0.15, 0.2) is 0 Å². The average Bonchev–Trinajstić information content (AvgIpc) is 2.34. The third-order valence-corrected chi connectivity index (χ3v) is 3.88. The van der Waals surface area contributed by atoms with Crippen LogP contribution in [0, 0.1) is 3.57 Å².